The number of hydrogen-bond donors (Lipinski definition) is 2. The predicted octanol–water partition coefficient (Wildman–Crippen LogP) is -0.186. The second-order valence-electron chi connectivity index (χ2n) is 0.238. The minimum Gasteiger partial charge on any atom is -0.344 e. The van der Waals surface area contributed by atoms with Gasteiger partial charge < -0.3 is 11.4 Å². The van der Waals surface area contributed by atoms with Gasteiger partial charge in [0.2, 0.25) is 0 Å². The normalized spacial score (nSPS) is 4.00. The zero-order valence-electron chi connectivity index (χ0n) is 2.75. The molecule has 0 saturated heterocycles. The van der Waals surface area contributed by atoms with E-state index in [9.17, 15) is 0 Å². The fourth-order valence-electron chi connectivity index (χ4n) is 0. The van der Waals surface area contributed by atoms with Crippen LogP contribution in [-0.2, 0) is 0 Å². The van der Waals surface area contributed by atoms with Crippen molar-refractivity contribution in [3.63, 3.8) is 0 Å². The van der Waals surface area contributed by atoms with Gasteiger partial charge in [-0.25, -0.2) is 0 Å². The maximum atomic E-state index is 8.36. The molecule has 0 aliphatic carbocycles. The van der Waals surface area contributed by atoms with Crippen LogP contribution in [-0.4, -0.2) is 10.3 Å². The zero-order chi connectivity index (χ0) is 3.58. The van der Waals surface area contributed by atoms with Gasteiger partial charge in [0, 0.05) is 0 Å². The van der Waals surface area contributed by atoms with Crippen LogP contribution in [0.2, 0.25) is 0 Å². The molecule has 0 aromatic carbocycles. The average Bonchev–Trinajstić information content (AvgIpc) is 0.811. The van der Waals surface area contributed by atoms with Gasteiger partial charge in [-0.15, -0.1) is 10.1 Å². The number of hydrogen-bond acceptors (Lipinski definition) is 3. The molecule has 4 N–H and O–H groups in total. The van der Waals surface area contributed by atoms with E-state index in [1.807, 2.05) is 0 Å². The number of nitrogens with zero attached hydrogens (tertiary/aromatic N) is 1. The van der Waals surface area contributed by atoms with E-state index in [4.69, 9.17) is 15.3 Å². The van der Waals surface area contributed by atoms with Crippen LogP contribution >= 0.6 is 0 Å². The zero-order valence-corrected chi connectivity index (χ0v) is 5.53. The third kappa shape index (κ3) is 0.858. The topological polar surface area (TPSA) is 98.4 Å². The second-order valence-corrected chi connectivity index (χ2v) is 0.238. The molecule has 6 heteroatoms. The van der Waals surface area contributed by atoms with E-state index >= 15 is 0 Å². The SMILES string of the molecule is N.O=[N+]([O-])O.[Bk]. The van der Waals surface area contributed by atoms with Crippen LogP contribution < -0.4 is 6.15 Å². The number of rotatable bonds is 0. The summed E-state index contributed by atoms with van der Waals surface area (Å²) >= 11 is 0. The molecule has 0 atom stereocenters. The molecule has 5 nitrogen and oxygen atoms in total. The van der Waals surface area contributed by atoms with Gasteiger partial charge in [-0.3, -0.25) is 0 Å². The largest absolute Gasteiger partial charge is 0.344 e. The summed E-state index contributed by atoms with van der Waals surface area (Å²) in [6.07, 6.45) is 0. The quantitative estimate of drug-likeness (QED) is 0.476. The van der Waals surface area contributed by atoms with Crippen molar-refractivity contribution >= 4 is 0 Å². The Morgan fingerprint density at radius 1 is 1.67 bits per heavy atom. The fourth-order valence-corrected chi connectivity index (χ4v) is 0. The van der Waals surface area contributed by atoms with Crippen LogP contribution in [0.3, 0.4) is 0 Å². The molecule has 41 valence electrons. The van der Waals surface area contributed by atoms with Crippen molar-refractivity contribution < 1.29 is 10.3 Å². The van der Waals surface area contributed by atoms with Crippen molar-refractivity contribution in [1.82, 2.24) is 6.15 Å². The van der Waals surface area contributed by atoms with E-state index < -0.39 is 5.09 Å². The molecule has 0 fully saturated rings. The summed E-state index contributed by atoms with van der Waals surface area (Å²) in [7, 11) is 0. The summed E-state index contributed by atoms with van der Waals surface area (Å²) < 4.78 is 0. The Hall–Kier alpha value is -1.84. The molecule has 0 aliphatic heterocycles. The van der Waals surface area contributed by atoms with E-state index in [1.165, 1.54) is 0 Å². The molecule has 0 aliphatic rings. The van der Waals surface area contributed by atoms with Crippen LogP contribution in [0.25, 0.3) is 0 Å². The molecule has 0 aromatic rings. The first-order valence-corrected chi connectivity index (χ1v) is 0.565. The molecule has 0 amide bonds. The van der Waals surface area contributed by atoms with E-state index in [2.05, 4.69) is 0 Å². The van der Waals surface area contributed by atoms with Crippen molar-refractivity contribution in [2.24, 2.45) is 0 Å². The van der Waals surface area contributed by atoms with Gasteiger partial charge in [-0.1, -0.05) is 0 Å². The van der Waals surface area contributed by atoms with Crippen molar-refractivity contribution in [3.8, 4) is 0 Å². The van der Waals surface area contributed by atoms with Crippen LogP contribution in [0.5, 0.6) is 0 Å². The average molecular weight is 327 g/mol. The molecule has 0 saturated carbocycles. The monoisotopic (exact) mass is 327 g/mol. The molecular weight excluding hydrogens is 323 g/mol. The Labute approximate surface area is 27.9 Å². The Morgan fingerprint density at radius 2 is 1.67 bits per heavy atom. The van der Waals surface area contributed by atoms with Crippen molar-refractivity contribution in [2.45, 2.75) is 0 Å². The Bertz CT molecular complexity index is 31.8. The van der Waals surface area contributed by atoms with Crippen LogP contribution in [0, 0.1) is 10.1 Å². The van der Waals surface area contributed by atoms with Crippen LogP contribution in [0.15, 0.2) is 0 Å². The molecule has 0 aromatic heterocycles. The Balaban J connectivity index is -0.0000000450. The minimum absolute atomic E-state index is 0. The molecule has 6 heavy (non-hydrogen) atoms. The van der Waals surface area contributed by atoms with E-state index in [0.29, 0.717) is 0 Å². The Kier molecular flexibility index (Phi) is 56.4. The van der Waals surface area contributed by atoms with Crippen molar-refractivity contribution in [2.75, 3.05) is 0 Å². The van der Waals surface area contributed by atoms with Crippen molar-refractivity contribution in [1.29, 1.82) is 0 Å². The summed E-state index contributed by atoms with van der Waals surface area (Å²) in [5, 5.41) is 13.6. The minimum atomic E-state index is -1.50. The Morgan fingerprint density at radius 3 is 1.67 bits per heavy atom. The summed E-state index contributed by atoms with van der Waals surface area (Å²) in [4.78, 5) is 8.36. The van der Waals surface area contributed by atoms with Gasteiger partial charge in [0.25, 0.3) is 5.09 Å². The van der Waals surface area contributed by atoms with E-state index in [0.717, 1.165) is 0 Å². The molecule has 0 bridgehead atoms. The van der Waals surface area contributed by atoms with Crippen molar-refractivity contribution in [3.05, 3.63) is 10.1 Å². The van der Waals surface area contributed by atoms with E-state index in [1.54, 1.807) is 0 Å². The summed E-state index contributed by atoms with van der Waals surface area (Å²) in [5.41, 5.74) is 0. The first kappa shape index (κ1) is 30.9. The van der Waals surface area contributed by atoms with Gasteiger partial charge in [-0.2, -0.15) is 0 Å². The molecule has 0 spiro atoms. The van der Waals surface area contributed by atoms with Gasteiger partial charge in [0.15, 0.2) is 0 Å². The van der Waals surface area contributed by atoms with Crippen LogP contribution in [0.1, 0.15) is 0 Å². The van der Waals surface area contributed by atoms with Crippen LogP contribution in [0.4, 0.5) is 0 Å². The van der Waals surface area contributed by atoms with Gasteiger partial charge in [0.05, 0.1) is 0 Å². The summed E-state index contributed by atoms with van der Waals surface area (Å²) in [6, 6.07) is 0. The molecule has 1 radical (unpaired) electrons. The third-order valence-electron chi connectivity index (χ3n) is 0. The predicted molar refractivity (Wildman–Crippen MR) is 13.8 cm³/mol. The molecule has 0 heterocycles. The maximum absolute atomic E-state index is 8.36. The third-order valence-corrected chi connectivity index (χ3v) is 0. The second kappa shape index (κ2) is 11.0. The van der Waals surface area contributed by atoms with E-state index in [-0.39, 0.29) is 6.15 Å². The smallest absolute Gasteiger partial charge is 0.291 e. The standard InChI is InChI=1S/Bk.HNO3.H3N/c;2-1(3)4;/h;(H,2,3,4);1H3. The summed E-state index contributed by atoms with van der Waals surface area (Å²) in [6.45, 7) is 0. The first-order chi connectivity index (χ1) is 1.73. The maximum Gasteiger partial charge on any atom is 0.291 e. The molecule has 0 unspecified atom stereocenters. The molecule has 0 rings (SSSR count). The fraction of sp³-hybridized carbons (Fsp3) is 0. The summed E-state index contributed by atoms with van der Waals surface area (Å²) in [5.74, 6) is 0. The van der Waals surface area contributed by atoms with Gasteiger partial charge in [0.1, 0.15) is 0 Å². The van der Waals surface area contributed by atoms with Gasteiger partial charge >= 0.3 is 0 Å². The van der Waals surface area contributed by atoms with Gasteiger partial charge in [-0.05, 0) is 0 Å². The first-order valence-electron chi connectivity index (χ1n) is 0.565. The molecular formula is H4BkN2O3.